The van der Waals surface area contributed by atoms with Gasteiger partial charge in [-0.2, -0.15) is 0 Å². The van der Waals surface area contributed by atoms with E-state index in [1.165, 1.54) is 6.07 Å². The van der Waals surface area contributed by atoms with Crippen molar-refractivity contribution in [1.29, 1.82) is 0 Å². The quantitative estimate of drug-likeness (QED) is 0.217. The number of carbonyl (C=O) groups is 1. The van der Waals surface area contributed by atoms with E-state index in [4.69, 9.17) is 51.4 Å². The molecule has 1 amide bonds. The molecule has 5 aromatic rings. The number of aromatic nitrogens is 1. The maximum absolute atomic E-state index is 12.6. The van der Waals surface area contributed by atoms with Crippen molar-refractivity contribution in [3.8, 4) is 21.9 Å². The van der Waals surface area contributed by atoms with E-state index in [0.29, 0.717) is 32.1 Å². The lowest BCUT2D eigenvalue weighted by Gasteiger charge is -2.10. The summed E-state index contributed by atoms with van der Waals surface area (Å²) in [7, 11) is 0. The number of hydrogen-bond donors (Lipinski definition) is 2. The number of thiazole rings is 1. The van der Waals surface area contributed by atoms with Gasteiger partial charge in [0.15, 0.2) is 10.9 Å². The van der Waals surface area contributed by atoms with Crippen LogP contribution in [0.25, 0.3) is 32.1 Å². The number of nitrogens with zero attached hydrogens (tertiary/aromatic N) is 1. The first kappa shape index (κ1) is 23.8. The van der Waals surface area contributed by atoms with E-state index in [9.17, 15) is 4.79 Å². The predicted molar refractivity (Wildman–Crippen MR) is 148 cm³/mol. The number of amides is 1. The number of rotatable bonds is 4. The van der Waals surface area contributed by atoms with E-state index in [2.05, 4.69) is 15.6 Å². The third-order valence-electron chi connectivity index (χ3n) is 5.00. The molecule has 0 aliphatic rings. The molecule has 0 saturated heterocycles. The average molecular weight is 559 g/mol. The number of thiocarbonyl (C=S) groups is 1. The number of fused-ring (bicyclic) bond motifs is 1. The van der Waals surface area contributed by atoms with Crippen LogP contribution in [0, 0.1) is 0 Å². The Morgan fingerprint density at radius 2 is 1.74 bits per heavy atom. The van der Waals surface area contributed by atoms with E-state index in [1.54, 1.807) is 41.7 Å². The molecule has 3 aromatic carbocycles. The Balaban J connectivity index is 1.26. The van der Waals surface area contributed by atoms with E-state index in [1.807, 2.05) is 36.4 Å². The highest BCUT2D eigenvalue weighted by Crippen LogP contribution is 2.36. The summed E-state index contributed by atoms with van der Waals surface area (Å²) in [4.78, 5) is 17.3. The fourth-order valence-corrected chi connectivity index (χ4v) is 5.30. The fraction of sp³-hybridized carbons (Fsp3) is 0. The molecule has 174 valence electrons. The minimum absolute atomic E-state index is 0.0735. The highest BCUT2D eigenvalue weighted by Gasteiger charge is 2.16. The Bertz CT molecular complexity index is 1560. The van der Waals surface area contributed by atoms with Crippen LogP contribution in [0.4, 0.5) is 5.69 Å². The van der Waals surface area contributed by atoms with Gasteiger partial charge in [0.25, 0.3) is 5.91 Å². The number of furan rings is 1. The molecule has 35 heavy (non-hydrogen) atoms. The number of para-hydroxylation sites is 1. The summed E-state index contributed by atoms with van der Waals surface area (Å²) in [5, 5.41) is 7.95. The van der Waals surface area contributed by atoms with Crippen molar-refractivity contribution in [2.24, 2.45) is 0 Å². The lowest BCUT2D eigenvalue weighted by atomic mass is 10.2. The molecule has 0 aliphatic carbocycles. The van der Waals surface area contributed by atoms with Gasteiger partial charge < -0.3 is 9.73 Å². The normalized spacial score (nSPS) is 10.9. The molecule has 2 heterocycles. The molecular formula is C25H14Cl3N3O2S2. The van der Waals surface area contributed by atoms with Crippen LogP contribution in [0.3, 0.4) is 0 Å². The summed E-state index contributed by atoms with van der Waals surface area (Å²) < 4.78 is 6.74. The highest BCUT2D eigenvalue weighted by molar-refractivity contribution is 7.80. The summed E-state index contributed by atoms with van der Waals surface area (Å²) in [5.41, 5.74) is 2.95. The number of anilines is 1. The second-order valence-corrected chi connectivity index (χ2v) is 10.1. The largest absolute Gasteiger partial charge is 0.451 e. The Hall–Kier alpha value is -2.94. The van der Waals surface area contributed by atoms with Crippen LogP contribution in [0.15, 0.2) is 77.2 Å². The molecule has 0 spiro atoms. The first-order chi connectivity index (χ1) is 16.9. The molecule has 5 nitrogen and oxygen atoms in total. The van der Waals surface area contributed by atoms with E-state index in [0.717, 1.165) is 20.8 Å². The third kappa shape index (κ3) is 5.19. The Labute approximate surface area is 224 Å². The van der Waals surface area contributed by atoms with E-state index >= 15 is 0 Å². The molecule has 0 radical (unpaired) electrons. The van der Waals surface area contributed by atoms with Gasteiger partial charge in [0.1, 0.15) is 10.8 Å². The topological polar surface area (TPSA) is 67.2 Å². The van der Waals surface area contributed by atoms with Crippen molar-refractivity contribution in [1.82, 2.24) is 10.3 Å². The minimum atomic E-state index is -0.510. The monoisotopic (exact) mass is 557 g/mol. The zero-order valence-electron chi connectivity index (χ0n) is 17.6. The Morgan fingerprint density at radius 1 is 0.914 bits per heavy atom. The van der Waals surface area contributed by atoms with Crippen molar-refractivity contribution in [2.75, 3.05) is 5.32 Å². The Kier molecular flexibility index (Phi) is 6.77. The van der Waals surface area contributed by atoms with Gasteiger partial charge in [0.05, 0.1) is 20.3 Å². The molecule has 0 fully saturated rings. The standard InChI is InChI=1S/C25H14Cl3N3O2S2/c26-13-5-8-17(27)16(11-13)20-9-10-21(33-20)23(32)31-25(34)29-14-6-7-15(18(28)12-14)24-30-19-3-1-2-4-22(19)35-24/h1-12H,(H2,29,31,32,34). The van der Waals surface area contributed by atoms with Gasteiger partial charge in [-0.25, -0.2) is 4.98 Å². The smallest absolute Gasteiger partial charge is 0.293 e. The van der Waals surface area contributed by atoms with Gasteiger partial charge in [-0.3, -0.25) is 10.1 Å². The summed E-state index contributed by atoms with van der Waals surface area (Å²) in [6, 6.07) is 21.5. The van der Waals surface area contributed by atoms with Gasteiger partial charge >= 0.3 is 0 Å². The lowest BCUT2D eigenvalue weighted by Crippen LogP contribution is -2.33. The second kappa shape index (κ2) is 9.97. The van der Waals surface area contributed by atoms with Crippen LogP contribution >= 0.6 is 58.4 Å². The molecule has 2 aromatic heterocycles. The number of benzene rings is 3. The maximum Gasteiger partial charge on any atom is 0.293 e. The molecule has 0 atom stereocenters. The van der Waals surface area contributed by atoms with Crippen molar-refractivity contribution in [2.45, 2.75) is 0 Å². The maximum atomic E-state index is 12.6. The van der Waals surface area contributed by atoms with Crippen LogP contribution in [0.2, 0.25) is 15.1 Å². The summed E-state index contributed by atoms with van der Waals surface area (Å²) >= 11 is 25.6. The highest BCUT2D eigenvalue weighted by atomic mass is 35.5. The van der Waals surface area contributed by atoms with Crippen molar-refractivity contribution in [3.63, 3.8) is 0 Å². The van der Waals surface area contributed by atoms with Crippen LogP contribution in [-0.4, -0.2) is 16.0 Å². The molecule has 0 unspecified atom stereocenters. The number of hydrogen-bond acceptors (Lipinski definition) is 5. The average Bonchev–Trinajstić information content (AvgIpc) is 3.48. The molecule has 10 heteroatoms. The Morgan fingerprint density at radius 3 is 2.54 bits per heavy atom. The summed E-state index contributed by atoms with van der Waals surface area (Å²) in [5.74, 6) is -0.0211. The minimum Gasteiger partial charge on any atom is -0.451 e. The van der Waals surface area contributed by atoms with Gasteiger partial charge in [-0.05, 0) is 72.9 Å². The first-order valence-corrected chi connectivity index (χ1v) is 12.6. The van der Waals surface area contributed by atoms with Gasteiger partial charge in [-0.15, -0.1) is 11.3 Å². The van der Waals surface area contributed by atoms with Gasteiger partial charge in [0, 0.05) is 21.8 Å². The zero-order valence-corrected chi connectivity index (χ0v) is 21.5. The summed E-state index contributed by atoms with van der Waals surface area (Å²) in [6.45, 7) is 0. The lowest BCUT2D eigenvalue weighted by molar-refractivity contribution is 0.0951. The SMILES string of the molecule is O=C(NC(=S)Nc1ccc(-c2nc3ccccc3s2)c(Cl)c1)c1ccc(-c2cc(Cl)ccc2Cl)o1. The molecule has 5 rings (SSSR count). The number of halogens is 3. The fourth-order valence-electron chi connectivity index (χ4n) is 3.37. The zero-order chi connectivity index (χ0) is 24.5. The van der Waals surface area contributed by atoms with Crippen LogP contribution < -0.4 is 10.6 Å². The second-order valence-electron chi connectivity index (χ2n) is 7.38. The van der Waals surface area contributed by atoms with Gasteiger partial charge in [-0.1, -0.05) is 46.9 Å². The third-order valence-corrected chi connectivity index (χ3v) is 7.15. The predicted octanol–water partition coefficient (Wildman–Crippen LogP) is 8.31. The first-order valence-electron chi connectivity index (χ1n) is 10.2. The molecule has 0 bridgehead atoms. The van der Waals surface area contributed by atoms with Crippen molar-refractivity contribution in [3.05, 3.63) is 93.6 Å². The molecular weight excluding hydrogens is 545 g/mol. The van der Waals surface area contributed by atoms with E-state index in [-0.39, 0.29) is 10.9 Å². The van der Waals surface area contributed by atoms with Crippen LogP contribution in [0.5, 0.6) is 0 Å². The van der Waals surface area contributed by atoms with Crippen LogP contribution in [-0.2, 0) is 0 Å². The number of carbonyl (C=O) groups excluding carboxylic acids is 1. The number of nitrogens with one attached hydrogen (secondary N) is 2. The van der Waals surface area contributed by atoms with Gasteiger partial charge in [0.2, 0.25) is 0 Å². The van der Waals surface area contributed by atoms with Crippen LogP contribution in [0.1, 0.15) is 10.6 Å². The molecule has 0 aliphatic heterocycles. The van der Waals surface area contributed by atoms with E-state index < -0.39 is 5.91 Å². The molecule has 2 N–H and O–H groups in total. The van der Waals surface area contributed by atoms with Crippen molar-refractivity contribution >= 4 is 85.3 Å². The molecule has 0 saturated carbocycles. The van der Waals surface area contributed by atoms with Crippen molar-refractivity contribution < 1.29 is 9.21 Å². The summed E-state index contributed by atoms with van der Waals surface area (Å²) in [6.07, 6.45) is 0.